The minimum absolute atomic E-state index is 0. The van der Waals surface area contributed by atoms with E-state index in [2.05, 4.69) is 0 Å². The third-order valence-corrected chi connectivity index (χ3v) is 9.90. The van der Waals surface area contributed by atoms with Gasteiger partial charge in [-0.1, -0.05) is 54.8 Å². The molecule has 0 saturated carbocycles. The van der Waals surface area contributed by atoms with Crippen molar-refractivity contribution in [1.82, 2.24) is 9.97 Å². The van der Waals surface area contributed by atoms with Crippen molar-refractivity contribution >= 4 is 36.2 Å². The molecule has 2 aromatic rings. The van der Waals surface area contributed by atoms with Gasteiger partial charge in [-0.15, -0.1) is 34.2 Å². The predicted octanol–water partition coefficient (Wildman–Crippen LogP) is 1.45. The summed E-state index contributed by atoms with van der Waals surface area (Å²) in [5.41, 5.74) is 4.76. The van der Waals surface area contributed by atoms with E-state index in [9.17, 15) is 40.2 Å². The average molecular weight is 700 g/mol. The summed E-state index contributed by atoms with van der Waals surface area (Å²) in [7, 11) is 0. The van der Waals surface area contributed by atoms with E-state index in [1.54, 1.807) is 19.1 Å². The van der Waals surface area contributed by atoms with Crippen LogP contribution < -0.4 is 20.7 Å². The number of nitrogens with zero attached hydrogens (tertiary/aromatic N) is 4. The number of carboxylic acid groups (broad SMARTS) is 2. The Labute approximate surface area is 286 Å². The molecule has 8 atom stereocenters. The SMILES string of the molecule is Cc1c2[n-]c(c1C(O)CO)/C=C1\[N-]C(/C=c3\[n-]/c(c(C)c3CCC(=O)O)=C\C3[N-]/C(=C\2)C(C(O)CO)C3C)C(CCC(=O)O)C1C.[Zn]. The second-order valence-corrected chi connectivity index (χ2v) is 12.7. The second kappa shape index (κ2) is 14.9. The average Bonchev–Trinajstić information content (AvgIpc) is 3.67. The van der Waals surface area contributed by atoms with E-state index in [-0.39, 0.29) is 56.5 Å². The molecule has 2 saturated heterocycles. The molecular weight excluding hydrogens is 658 g/mol. The largest absolute Gasteiger partial charge is 0.682 e. The molecule has 3 aliphatic heterocycles. The Bertz CT molecular complexity index is 1680. The van der Waals surface area contributed by atoms with Crippen LogP contribution in [0.15, 0.2) is 11.4 Å². The van der Waals surface area contributed by atoms with E-state index in [0.29, 0.717) is 51.0 Å². The molecule has 47 heavy (non-hydrogen) atoms. The van der Waals surface area contributed by atoms with Crippen molar-refractivity contribution in [3.63, 3.8) is 0 Å². The molecule has 2 aromatic heterocycles. The van der Waals surface area contributed by atoms with Crippen LogP contribution in [-0.2, 0) is 35.5 Å². The first-order valence-electron chi connectivity index (χ1n) is 15.7. The number of allylic oxidation sites excluding steroid dienone is 1. The van der Waals surface area contributed by atoms with Crippen LogP contribution in [-0.4, -0.2) is 74.0 Å². The van der Waals surface area contributed by atoms with Crippen LogP contribution in [0.3, 0.4) is 0 Å². The summed E-state index contributed by atoms with van der Waals surface area (Å²) in [6, 6.07) is -0.881. The minimum Gasteiger partial charge on any atom is -0.682 e. The smallest absolute Gasteiger partial charge is 0.303 e. The second-order valence-electron chi connectivity index (χ2n) is 12.7. The molecule has 2 fully saturated rings. The van der Waals surface area contributed by atoms with Crippen LogP contribution in [0, 0.1) is 37.5 Å². The number of aliphatic hydroxyl groups excluding tert-OH is 4. The van der Waals surface area contributed by atoms with Crippen LogP contribution in [0.1, 0.15) is 72.9 Å². The van der Waals surface area contributed by atoms with Gasteiger partial charge in [0.15, 0.2) is 0 Å². The van der Waals surface area contributed by atoms with Crippen LogP contribution in [0.4, 0.5) is 0 Å². The number of aromatic nitrogens is 2. The monoisotopic (exact) mass is 698 g/mol. The molecule has 8 bridgehead atoms. The van der Waals surface area contributed by atoms with E-state index in [4.69, 9.17) is 20.6 Å². The Balaban J connectivity index is 0.00000500. The van der Waals surface area contributed by atoms with Crippen molar-refractivity contribution in [3.8, 4) is 0 Å². The summed E-state index contributed by atoms with van der Waals surface area (Å²) in [5, 5.41) is 71.8. The quantitative estimate of drug-likeness (QED) is 0.197. The van der Waals surface area contributed by atoms with Crippen molar-refractivity contribution in [3.05, 3.63) is 66.4 Å². The summed E-state index contributed by atoms with van der Waals surface area (Å²) < 4.78 is 0. The summed E-state index contributed by atoms with van der Waals surface area (Å²) in [6.45, 7) is 6.60. The predicted molar refractivity (Wildman–Crippen MR) is 171 cm³/mol. The topological polar surface area (TPSA) is 212 Å². The van der Waals surface area contributed by atoms with E-state index >= 15 is 0 Å². The van der Waals surface area contributed by atoms with Gasteiger partial charge in [0.2, 0.25) is 0 Å². The van der Waals surface area contributed by atoms with Gasteiger partial charge >= 0.3 is 11.9 Å². The van der Waals surface area contributed by atoms with Crippen LogP contribution in [0.5, 0.6) is 0 Å². The molecule has 6 N–H and O–H groups in total. The summed E-state index contributed by atoms with van der Waals surface area (Å²) >= 11 is 0. The third-order valence-electron chi connectivity index (χ3n) is 9.90. The molecule has 5 rings (SSSR count). The van der Waals surface area contributed by atoms with Crippen LogP contribution in [0.2, 0.25) is 0 Å². The molecule has 8 unspecified atom stereocenters. The Morgan fingerprint density at radius 3 is 2.11 bits per heavy atom. The van der Waals surface area contributed by atoms with Crippen LogP contribution in [0.25, 0.3) is 34.9 Å². The Morgan fingerprint density at radius 1 is 0.830 bits per heavy atom. The zero-order chi connectivity index (χ0) is 33.4. The number of rotatable bonds is 10. The Hall–Kier alpha value is -3.22. The van der Waals surface area contributed by atoms with Gasteiger partial charge in [-0.25, -0.2) is 0 Å². The standard InChI is InChI=1S/C34H42N4O8.Zn/c1-15-19(5-7-31(43)44)25-12-26-20(6-8-32(45)46)16(2)22(36-26)10-27-34(30(42)14-40)18(4)24(38-27)11-28-33(29(41)13-39)17(3)23(37-28)9-21(15)35-25;/h9-12,16-17,20,23,26,29-30,33,39-42H,5-8,13-14H2,1-4H3,(H,43,44)(H,45,46);/q-4;/b21-9-,22-10-,25-12-,28-11-;. The first kappa shape index (κ1) is 36.6. The molecule has 0 amide bonds. The van der Waals surface area contributed by atoms with Crippen molar-refractivity contribution in [2.75, 3.05) is 13.2 Å². The van der Waals surface area contributed by atoms with Crippen molar-refractivity contribution in [1.29, 1.82) is 0 Å². The molecule has 0 radical (unpaired) electrons. The van der Waals surface area contributed by atoms with Gasteiger partial charge in [0.25, 0.3) is 0 Å². The first-order valence-corrected chi connectivity index (χ1v) is 15.7. The van der Waals surface area contributed by atoms with Gasteiger partial charge in [0.1, 0.15) is 6.10 Å². The van der Waals surface area contributed by atoms with Crippen molar-refractivity contribution < 1.29 is 59.7 Å². The van der Waals surface area contributed by atoms with Gasteiger partial charge in [0, 0.05) is 32.3 Å². The van der Waals surface area contributed by atoms with Gasteiger partial charge in [-0.3, -0.25) is 9.59 Å². The Kier molecular flexibility index (Phi) is 11.6. The molecule has 252 valence electrons. The number of aliphatic hydroxyl groups is 4. The van der Waals surface area contributed by atoms with Gasteiger partial charge < -0.3 is 51.2 Å². The maximum absolute atomic E-state index is 11.6. The fourth-order valence-electron chi connectivity index (χ4n) is 7.23. The zero-order valence-electron chi connectivity index (χ0n) is 27.2. The molecule has 0 aromatic carbocycles. The summed E-state index contributed by atoms with van der Waals surface area (Å²) in [4.78, 5) is 32.9. The normalized spacial score (nSPS) is 29.7. The fraction of sp³-hybridized carbons (Fsp3) is 0.529. The number of hydrogen-bond donors (Lipinski definition) is 6. The molecule has 13 heteroatoms. The number of aliphatic carboxylic acids is 2. The molecule has 0 aliphatic carbocycles. The molecule has 3 aliphatic rings. The maximum atomic E-state index is 11.6. The number of hydrogen-bond acceptors (Lipinski definition) is 6. The molecular formula is C34H42N4O8Zn-4. The van der Waals surface area contributed by atoms with Gasteiger partial charge in [0.05, 0.1) is 19.3 Å². The van der Waals surface area contributed by atoms with Crippen LogP contribution >= 0.6 is 0 Å². The van der Waals surface area contributed by atoms with Gasteiger partial charge in [-0.05, 0) is 55.9 Å². The number of carboxylic acids is 2. The third kappa shape index (κ3) is 7.29. The summed E-state index contributed by atoms with van der Waals surface area (Å²) in [6.07, 6.45) is 5.46. The van der Waals surface area contributed by atoms with Gasteiger partial charge in [-0.2, -0.15) is 11.4 Å². The molecule has 5 heterocycles. The molecule has 0 spiro atoms. The number of fused-ring (bicyclic) bond motifs is 8. The van der Waals surface area contributed by atoms with E-state index in [0.717, 1.165) is 11.1 Å². The van der Waals surface area contributed by atoms with E-state index in [1.165, 1.54) is 0 Å². The Morgan fingerprint density at radius 2 is 1.47 bits per heavy atom. The van der Waals surface area contributed by atoms with Crippen molar-refractivity contribution in [2.24, 2.45) is 23.7 Å². The first-order chi connectivity index (χ1) is 21.8. The minimum atomic E-state index is -1.22. The number of carbonyl (C=O) groups is 2. The van der Waals surface area contributed by atoms with E-state index < -0.39 is 55.4 Å². The maximum Gasteiger partial charge on any atom is 0.303 e. The molecule has 12 nitrogen and oxygen atoms in total. The summed E-state index contributed by atoms with van der Waals surface area (Å²) in [5.74, 6) is -2.99. The van der Waals surface area contributed by atoms with E-state index in [1.807, 2.05) is 32.9 Å². The fourth-order valence-corrected chi connectivity index (χ4v) is 7.23. The van der Waals surface area contributed by atoms with Crippen molar-refractivity contribution in [2.45, 2.75) is 77.7 Å². The zero-order valence-corrected chi connectivity index (χ0v) is 30.1.